The van der Waals surface area contributed by atoms with E-state index < -0.39 is 0 Å². The van der Waals surface area contributed by atoms with E-state index in [1.807, 2.05) is 19.2 Å². The zero-order valence-electron chi connectivity index (χ0n) is 9.60. The second-order valence-corrected chi connectivity index (χ2v) is 4.35. The Morgan fingerprint density at radius 3 is 2.33 bits per heavy atom. The number of halogens is 1. The van der Waals surface area contributed by atoms with Crippen molar-refractivity contribution in [1.82, 2.24) is 10.6 Å². The molecule has 0 saturated heterocycles. The van der Waals surface area contributed by atoms with E-state index in [2.05, 4.69) is 24.5 Å². The maximum absolute atomic E-state index is 12.8. The molecule has 3 heteroatoms. The molecule has 0 fully saturated rings. The van der Waals surface area contributed by atoms with Crippen LogP contribution in [0.4, 0.5) is 4.39 Å². The Bertz CT molecular complexity index is 293. The summed E-state index contributed by atoms with van der Waals surface area (Å²) in [6.07, 6.45) is 0. The average molecular weight is 210 g/mol. The van der Waals surface area contributed by atoms with Crippen LogP contribution >= 0.6 is 0 Å². The quantitative estimate of drug-likeness (QED) is 0.572. The van der Waals surface area contributed by atoms with Crippen LogP contribution in [0.5, 0.6) is 0 Å². The van der Waals surface area contributed by atoms with Gasteiger partial charge in [0.2, 0.25) is 0 Å². The molecule has 0 aliphatic heterocycles. The van der Waals surface area contributed by atoms with Crippen molar-refractivity contribution in [1.29, 1.82) is 0 Å². The van der Waals surface area contributed by atoms with E-state index in [0.717, 1.165) is 18.8 Å². The molecule has 15 heavy (non-hydrogen) atoms. The first kappa shape index (κ1) is 12.1. The van der Waals surface area contributed by atoms with Gasteiger partial charge in [0.25, 0.3) is 0 Å². The van der Waals surface area contributed by atoms with Crippen LogP contribution in [0.3, 0.4) is 0 Å². The molecule has 0 aromatic heterocycles. The van der Waals surface area contributed by atoms with Gasteiger partial charge < -0.3 is 10.6 Å². The molecule has 1 aromatic carbocycles. The fourth-order valence-electron chi connectivity index (χ4n) is 1.50. The van der Waals surface area contributed by atoms with Gasteiger partial charge in [-0.25, -0.2) is 4.39 Å². The Hall–Kier alpha value is -0.930. The van der Waals surface area contributed by atoms with Gasteiger partial charge in [0, 0.05) is 18.6 Å². The molecule has 0 bridgehead atoms. The highest BCUT2D eigenvalue weighted by atomic mass is 19.1. The van der Waals surface area contributed by atoms with Crippen LogP contribution in [0.2, 0.25) is 0 Å². The number of hydrogen-bond acceptors (Lipinski definition) is 2. The second-order valence-electron chi connectivity index (χ2n) is 4.35. The molecule has 0 heterocycles. The lowest BCUT2D eigenvalue weighted by Crippen LogP contribution is -2.37. The Labute approximate surface area is 90.9 Å². The van der Waals surface area contributed by atoms with Gasteiger partial charge in [-0.05, 0) is 24.7 Å². The summed E-state index contributed by atoms with van der Waals surface area (Å²) in [5.74, 6) is -0.183. The largest absolute Gasteiger partial charge is 0.308 e. The molecule has 84 valence electrons. The minimum Gasteiger partial charge on any atom is -0.308 e. The third-order valence-electron chi connectivity index (χ3n) is 2.49. The highest BCUT2D eigenvalue weighted by Crippen LogP contribution is 2.22. The van der Waals surface area contributed by atoms with Gasteiger partial charge in [-0.1, -0.05) is 26.0 Å². The topological polar surface area (TPSA) is 24.1 Å². The predicted molar refractivity (Wildman–Crippen MR) is 61.4 cm³/mol. The van der Waals surface area contributed by atoms with Crippen molar-refractivity contribution in [3.8, 4) is 0 Å². The Morgan fingerprint density at radius 1 is 1.20 bits per heavy atom. The van der Waals surface area contributed by atoms with E-state index in [1.165, 1.54) is 12.1 Å². The van der Waals surface area contributed by atoms with Gasteiger partial charge in [-0.15, -0.1) is 0 Å². The second kappa shape index (κ2) is 5.24. The number of hydrogen-bond donors (Lipinski definition) is 2. The fourth-order valence-corrected chi connectivity index (χ4v) is 1.50. The summed E-state index contributed by atoms with van der Waals surface area (Å²) in [4.78, 5) is 0. The third-order valence-corrected chi connectivity index (χ3v) is 2.49. The molecule has 0 radical (unpaired) electrons. The van der Waals surface area contributed by atoms with Crippen LogP contribution in [0.1, 0.15) is 19.4 Å². The van der Waals surface area contributed by atoms with Crippen molar-refractivity contribution >= 4 is 0 Å². The molecule has 0 spiro atoms. The molecule has 0 aliphatic rings. The van der Waals surface area contributed by atoms with E-state index in [4.69, 9.17) is 0 Å². The first-order valence-electron chi connectivity index (χ1n) is 5.17. The minimum absolute atomic E-state index is 0.0184. The Balaban J connectivity index is 2.63. The molecule has 2 nitrogen and oxygen atoms in total. The first-order valence-corrected chi connectivity index (χ1v) is 5.17. The molecule has 0 atom stereocenters. The lowest BCUT2D eigenvalue weighted by atomic mass is 9.85. The maximum atomic E-state index is 12.8. The van der Waals surface area contributed by atoms with Gasteiger partial charge in [-0.2, -0.15) is 0 Å². The van der Waals surface area contributed by atoms with Crippen LogP contribution in [0, 0.1) is 5.82 Å². The summed E-state index contributed by atoms with van der Waals surface area (Å²) >= 11 is 0. The Kier molecular flexibility index (Phi) is 4.24. The van der Waals surface area contributed by atoms with Gasteiger partial charge >= 0.3 is 0 Å². The minimum atomic E-state index is -0.183. The SMILES string of the molecule is CNCNCC(C)(C)c1ccc(F)cc1. The fraction of sp³-hybridized carbons (Fsp3) is 0.500. The highest BCUT2D eigenvalue weighted by Gasteiger charge is 2.19. The molecular weight excluding hydrogens is 191 g/mol. The van der Waals surface area contributed by atoms with Crippen LogP contribution in [-0.2, 0) is 5.41 Å². The summed E-state index contributed by atoms with van der Waals surface area (Å²) in [6, 6.07) is 6.71. The summed E-state index contributed by atoms with van der Waals surface area (Å²) in [5, 5.41) is 6.31. The standard InChI is InChI=1S/C12H19FN2/c1-12(2,8-15-9-14-3)10-4-6-11(13)7-5-10/h4-7,14-15H,8-9H2,1-3H3. The van der Waals surface area contributed by atoms with E-state index in [-0.39, 0.29) is 11.2 Å². The van der Waals surface area contributed by atoms with E-state index in [9.17, 15) is 4.39 Å². The van der Waals surface area contributed by atoms with Crippen molar-refractivity contribution in [2.75, 3.05) is 20.3 Å². The Morgan fingerprint density at radius 2 is 1.80 bits per heavy atom. The molecule has 1 rings (SSSR count). The van der Waals surface area contributed by atoms with E-state index >= 15 is 0 Å². The molecule has 0 unspecified atom stereocenters. The molecule has 0 amide bonds. The maximum Gasteiger partial charge on any atom is 0.123 e. The molecule has 0 saturated carbocycles. The zero-order chi connectivity index (χ0) is 11.3. The van der Waals surface area contributed by atoms with Gasteiger partial charge in [-0.3, -0.25) is 0 Å². The van der Waals surface area contributed by atoms with Crippen molar-refractivity contribution in [3.63, 3.8) is 0 Å². The third kappa shape index (κ3) is 3.61. The van der Waals surface area contributed by atoms with Gasteiger partial charge in [0.1, 0.15) is 5.82 Å². The van der Waals surface area contributed by atoms with Gasteiger partial charge in [0.05, 0.1) is 0 Å². The first-order chi connectivity index (χ1) is 7.06. The van der Waals surface area contributed by atoms with Crippen LogP contribution < -0.4 is 10.6 Å². The smallest absolute Gasteiger partial charge is 0.123 e. The summed E-state index contributed by atoms with van der Waals surface area (Å²) in [5.41, 5.74) is 1.16. The van der Waals surface area contributed by atoms with E-state index in [0.29, 0.717) is 0 Å². The molecule has 1 aromatic rings. The average Bonchev–Trinajstić information content (AvgIpc) is 2.18. The number of rotatable bonds is 5. The van der Waals surface area contributed by atoms with Crippen molar-refractivity contribution in [2.45, 2.75) is 19.3 Å². The van der Waals surface area contributed by atoms with Gasteiger partial charge in [0.15, 0.2) is 0 Å². The van der Waals surface area contributed by atoms with Crippen LogP contribution in [0.15, 0.2) is 24.3 Å². The highest BCUT2D eigenvalue weighted by molar-refractivity contribution is 5.24. The summed E-state index contributed by atoms with van der Waals surface area (Å²) < 4.78 is 12.8. The summed E-state index contributed by atoms with van der Waals surface area (Å²) in [6.45, 7) is 5.93. The lowest BCUT2D eigenvalue weighted by Gasteiger charge is -2.25. The van der Waals surface area contributed by atoms with Crippen molar-refractivity contribution < 1.29 is 4.39 Å². The van der Waals surface area contributed by atoms with Crippen molar-refractivity contribution in [3.05, 3.63) is 35.6 Å². The number of nitrogens with one attached hydrogen (secondary N) is 2. The lowest BCUT2D eigenvalue weighted by molar-refractivity contribution is 0.460. The summed E-state index contributed by atoms with van der Waals surface area (Å²) in [7, 11) is 1.90. The molecule has 0 aliphatic carbocycles. The van der Waals surface area contributed by atoms with Crippen LogP contribution in [-0.4, -0.2) is 20.3 Å². The monoisotopic (exact) mass is 210 g/mol. The zero-order valence-corrected chi connectivity index (χ0v) is 9.60. The molecular formula is C12H19FN2. The van der Waals surface area contributed by atoms with E-state index in [1.54, 1.807) is 0 Å². The van der Waals surface area contributed by atoms with Crippen molar-refractivity contribution in [2.24, 2.45) is 0 Å². The predicted octanol–water partition coefficient (Wildman–Crippen LogP) is 1.87. The van der Waals surface area contributed by atoms with Crippen LogP contribution in [0.25, 0.3) is 0 Å². The molecule has 2 N–H and O–H groups in total. The number of benzene rings is 1. The normalized spacial score (nSPS) is 11.7.